The van der Waals surface area contributed by atoms with Gasteiger partial charge in [0.25, 0.3) is 5.69 Å². The van der Waals surface area contributed by atoms with Crippen molar-refractivity contribution in [3.63, 3.8) is 0 Å². The lowest BCUT2D eigenvalue weighted by molar-refractivity contribution is -0.384. The Morgan fingerprint density at radius 2 is 2.11 bits per heavy atom. The second kappa shape index (κ2) is 4.89. The van der Waals surface area contributed by atoms with Crippen LogP contribution in [0.3, 0.4) is 0 Å². The van der Waals surface area contributed by atoms with Crippen molar-refractivity contribution in [1.29, 1.82) is 0 Å². The molecule has 2 rings (SSSR count). The van der Waals surface area contributed by atoms with E-state index in [0.29, 0.717) is 5.56 Å². The number of pyridine rings is 1. The Bertz CT molecular complexity index is 646. The first-order chi connectivity index (χ1) is 8.95. The average molecular weight is 263 g/mol. The van der Waals surface area contributed by atoms with Gasteiger partial charge in [-0.3, -0.25) is 10.1 Å². The molecule has 0 aliphatic rings. The topological polar surface area (TPSA) is 91.3 Å². The first-order valence-electron chi connectivity index (χ1n) is 5.31. The summed E-state index contributed by atoms with van der Waals surface area (Å²) in [5.41, 5.74) is 5.67. The third-order valence-electron chi connectivity index (χ3n) is 2.38. The van der Waals surface area contributed by atoms with Crippen molar-refractivity contribution in [3.05, 3.63) is 51.8 Å². The van der Waals surface area contributed by atoms with E-state index in [9.17, 15) is 14.5 Å². The normalized spacial score (nSPS) is 10.2. The maximum atomic E-state index is 13.3. The summed E-state index contributed by atoms with van der Waals surface area (Å²) in [5.74, 6) is -0.349. The molecule has 0 saturated carbocycles. The van der Waals surface area contributed by atoms with Crippen LogP contribution in [0.15, 0.2) is 30.3 Å². The molecule has 7 heteroatoms. The summed E-state index contributed by atoms with van der Waals surface area (Å²) in [6.45, 7) is 1.61. The smallest absolute Gasteiger partial charge is 0.278 e. The second-order valence-electron chi connectivity index (χ2n) is 3.86. The van der Waals surface area contributed by atoms with Crippen molar-refractivity contribution in [2.75, 3.05) is 5.73 Å². The Hall–Kier alpha value is -2.70. The van der Waals surface area contributed by atoms with Crippen molar-refractivity contribution in [2.45, 2.75) is 6.92 Å². The van der Waals surface area contributed by atoms with Gasteiger partial charge in [0.1, 0.15) is 17.4 Å². The lowest BCUT2D eigenvalue weighted by atomic mass is 10.2. The minimum atomic E-state index is -0.610. The van der Waals surface area contributed by atoms with Crippen LogP contribution in [0.1, 0.15) is 5.56 Å². The Labute approximate surface area is 107 Å². The first kappa shape index (κ1) is 12.7. The molecule has 0 amide bonds. The number of nitrogen functional groups attached to an aromatic ring is 1. The highest BCUT2D eigenvalue weighted by Crippen LogP contribution is 2.26. The van der Waals surface area contributed by atoms with Crippen molar-refractivity contribution in [1.82, 2.24) is 4.98 Å². The van der Waals surface area contributed by atoms with Gasteiger partial charge in [-0.2, -0.15) is 4.98 Å². The van der Waals surface area contributed by atoms with Gasteiger partial charge in [-0.25, -0.2) is 4.39 Å². The second-order valence-corrected chi connectivity index (χ2v) is 3.86. The van der Waals surface area contributed by atoms with Gasteiger partial charge in [0.2, 0.25) is 5.88 Å². The van der Waals surface area contributed by atoms with E-state index in [1.165, 1.54) is 18.2 Å². The minimum absolute atomic E-state index is 0.0446. The zero-order valence-electron chi connectivity index (χ0n) is 9.96. The number of aryl methyl sites for hydroxylation is 1. The van der Waals surface area contributed by atoms with Gasteiger partial charge in [0.05, 0.1) is 17.1 Å². The van der Waals surface area contributed by atoms with Crippen molar-refractivity contribution < 1.29 is 14.1 Å². The summed E-state index contributed by atoms with van der Waals surface area (Å²) >= 11 is 0. The van der Waals surface area contributed by atoms with E-state index in [-0.39, 0.29) is 23.1 Å². The van der Waals surface area contributed by atoms with Crippen molar-refractivity contribution >= 4 is 11.5 Å². The fraction of sp³-hybridized carbons (Fsp3) is 0.0833. The molecular weight excluding hydrogens is 253 g/mol. The maximum absolute atomic E-state index is 13.3. The molecule has 1 aromatic heterocycles. The van der Waals surface area contributed by atoms with E-state index >= 15 is 0 Å². The Balaban J connectivity index is 2.32. The number of ether oxygens (including phenoxy) is 1. The van der Waals surface area contributed by atoms with Gasteiger partial charge in [0.15, 0.2) is 0 Å². The lowest BCUT2D eigenvalue weighted by Crippen LogP contribution is -1.97. The fourth-order valence-corrected chi connectivity index (χ4v) is 1.43. The van der Waals surface area contributed by atoms with Gasteiger partial charge in [0, 0.05) is 6.07 Å². The fourth-order valence-electron chi connectivity index (χ4n) is 1.43. The molecule has 0 aliphatic heterocycles. The standard InChI is InChI=1S/C12H10FN3O3/c1-7-2-3-9(6-10(7)13)19-12-5-8(16(17)18)4-11(14)15-12/h2-6H,1H3,(H2,14,15). The molecule has 2 N–H and O–H groups in total. The zero-order chi connectivity index (χ0) is 14.0. The largest absolute Gasteiger partial charge is 0.439 e. The predicted octanol–water partition coefficient (Wildman–Crippen LogP) is 2.81. The molecule has 0 bridgehead atoms. The number of anilines is 1. The molecule has 2 aromatic rings. The van der Waals surface area contributed by atoms with E-state index in [2.05, 4.69) is 4.98 Å². The summed E-state index contributed by atoms with van der Waals surface area (Å²) in [7, 11) is 0. The summed E-state index contributed by atoms with van der Waals surface area (Å²) in [6, 6.07) is 6.48. The quantitative estimate of drug-likeness (QED) is 0.679. The van der Waals surface area contributed by atoms with E-state index in [0.717, 1.165) is 12.1 Å². The highest BCUT2D eigenvalue weighted by molar-refractivity contribution is 5.46. The number of aromatic nitrogens is 1. The molecule has 0 atom stereocenters. The number of nitro groups is 1. The molecule has 0 radical (unpaired) electrons. The number of rotatable bonds is 3. The average Bonchev–Trinajstić information content (AvgIpc) is 2.33. The van der Waals surface area contributed by atoms with Crippen LogP contribution in [-0.4, -0.2) is 9.91 Å². The van der Waals surface area contributed by atoms with Crippen LogP contribution < -0.4 is 10.5 Å². The van der Waals surface area contributed by atoms with Gasteiger partial charge in [-0.05, 0) is 18.6 Å². The molecule has 1 heterocycles. The molecule has 0 unspecified atom stereocenters. The van der Waals surface area contributed by atoms with Gasteiger partial charge in [-0.15, -0.1) is 0 Å². The van der Waals surface area contributed by atoms with Crippen LogP contribution in [0.5, 0.6) is 11.6 Å². The molecule has 0 fully saturated rings. The Kier molecular flexibility index (Phi) is 3.28. The minimum Gasteiger partial charge on any atom is -0.439 e. The van der Waals surface area contributed by atoms with E-state index in [1.807, 2.05) is 0 Å². The number of hydrogen-bond acceptors (Lipinski definition) is 5. The lowest BCUT2D eigenvalue weighted by Gasteiger charge is -2.06. The summed E-state index contributed by atoms with van der Waals surface area (Å²) in [5, 5.41) is 10.7. The maximum Gasteiger partial charge on any atom is 0.278 e. The molecular formula is C12H10FN3O3. The van der Waals surface area contributed by atoms with E-state index < -0.39 is 10.7 Å². The van der Waals surface area contributed by atoms with Crippen LogP contribution in [-0.2, 0) is 0 Å². The Morgan fingerprint density at radius 1 is 1.37 bits per heavy atom. The van der Waals surface area contributed by atoms with Crippen LogP contribution >= 0.6 is 0 Å². The summed E-state index contributed by atoms with van der Waals surface area (Å²) in [6.07, 6.45) is 0. The molecule has 0 aliphatic carbocycles. The summed E-state index contributed by atoms with van der Waals surface area (Å²) < 4.78 is 18.6. The van der Waals surface area contributed by atoms with Crippen molar-refractivity contribution in [2.24, 2.45) is 0 Å². The van der Waals surface area contributed by atoms with Gasteiger partial charge < -0.3 is 10.5 Å². The van der Waals surface area contributed by atoms with Crippen LogP contribution in [0.4, 0.5) is 15.9 Å². The molecule has 1 aromatic carbocycles. The van der Waals surface area contributed by atoms with Crippen LogP contribution in [0, 0.1) is 22.9 Å². The highest BCUT2D eigenvalue weighted by atomic mass is 19.1. The van der Waals surface area contributed by atoms with Crippen LogP contribution in [0.2, 0.25) is 0 Å². The number of nitrogens with two attached hydrogens (primary N) is 1. The third kappa shape index (κ3) is 2.95. The summed E-state index contributed by atoms with van der Waals surface area (Å²) in [4.78, 5) is 13.8. The third-order valence-corrected chi connectivity index (χ3v) is 2.38. The molecule has 6 nitrogen and oxygen atoms in total. The molecule has 98 valence electrons. The number of nitrogens with zero attached hydrogens (tertiary/aromatic N) is 2. The number of hydrogen-bond donors (Lipinski definition) is 1. The van der Waals surface area contributed by atoms with E-state index in [1.54, 1.807) is 6.92 Å². The van der Waals surface area contributed by atoms with Crippen LogP contribution in [0.25, 0.3) is 0 Å². The van der Waals surface area contributed by atoms with Gasteiger partial charge >= 0.3 is 0 Å². The zero-order valence-corrected chi connectivity index (χ0v) is 9.96. The molecule has 0 saturated heterocycles. The number of halogens is 1. The molecule has 19 heavy (non-hydrogen) atoms. The predicted molar refractivity (Wildman–Crippen MR) is 66.5 cm³/mol. The first-order valence-corrected chi connectivity index (χ1v) is 5.31. The van der Waals surface area contributed by atoms with E-state index in [4.69, 9.17) is 10.5 Å². The number of benzene rings is 1. The highest BCUT2D eigenvalue weighted by Gasteiger charge is 2.11. The van der Waals surface area contributed by atoms with Gasteiger partial charge in [-0.1, -0.05) is 6.07 Å². The Morgan fingerprint density at radius 3 is 2.74 bits per heavy atom. The van der Waals surface area contributed by atoms with Crippen molar-refractivity contribution in [3.8, 4) is 11.6 Å². The molecule has 0 spiro atoms. The monoisotopic (exact) mass is 263 g/mol. The SMILES string of the molecule is Cc1ccc(Oc2cc([N+](=O)[O-])cc(N)n2)cc1F.